The minimum absolute atomic E-state index is 0.108. The third-order valence-corrected chi connectivity index (χ3v) is 7.46. The van der Waals surface area contributed by atoms with Crippen molar-refractivity contribution in [1.82, 2.24) is 9.88 Å². The lowest BCUT2D eigenvalue weighted by molar-refractivity contribution is -0.139. The monoisotopic (exact) mass is 477 g/mol. The van der Waals surface area contributed by atoms with Crippen LogP contribution in [0.4, 0.5) is 0 Å². The van der Waals surface area contributed by atoms with E-state index in [0.29, 0.717) is 12.5 Å². The number of carboxylic acids is 1. The van der Waals surface area contributed by atoms with Gasteiger partial charge in [-0.3, -0.25) is 14.7 Å². The van der Waals surface area contributed by atoms with Crippen molar-refractivity contribution < 1.29 is 14.6 Å². The second-order valence-electron chi connectivity index (χ2n) is 8.89. The van der Waals surface area contributed by atoms with E-state index in [-0.39, 0.29) is 18.4 Å². The SMILES string of the molecule is COc1ccc2nccc([C@H](N)CC[C@@H]3CCN(CC#Cc4cccs4)C[C@@H]3CC(=O)O)c2c1. The first-order valence-corrected chi connectivity index (χ1v) is 12.6. The van der Waals surface area contributed by atoms with Crippen LogP contribution in [0.15, 0.2) is 48.0 Å². The van der Waals surface area contributed by atoms with E-state index in [9.17, 15) is 9.90 Å². The standard InChI is InChI=1S/C27H31N3O3S/c1-33-21-7-9-26-24(17-21)23(10-12-29-26)25(28)8-6-19-11-14-30(18-20(19)16-27(31)32)13-2-4-22-5-3-15-34-22/h3,5,7,9-10,12,15,17,19-20,25H,6,8,11,13-14,16,18,28H2,1H3,(H,31,32)/t19-,20+,25-/m1/s1. The van der Waals surface area contributed by atoms with Crippen LogP contribution in [0.3, 0.4) is 0 Å². The fourth-order valence-corrected chi connectivity index (χ4v) is 5.46. The molecule has 4 rings (SSSR count). The van der Waals surface area contributed by atoms with Gasteiger partial charge in [0.05, 0.1) is 24.0 Å². The Kier molecular flexibility index (Phi) is 8.17. The quantitative estimate of drug-likeness (QED) is 0.463. The number of benzene rings is 1. The van der Waals surface area contributed by atoms with E-state index in [1.807, 2.05) is 41.8 Å². The highest BCUT2D eigenvalue weighted by molar-refractivity contribution is 7.10. The molecule has 0 unspecified atom stereocenters. The van der Waals surface area contributed by atoms with Gasteiger partial charge < -0.3 is 15.6 Å². The number of hydrogen-bond acceptors (Lipinski definition) is 6. The number of carbonyl (C=O) groups is 1. The smallest absolute Gasteiger partial charge is 0.303 e. The van der Waals surface area contributed by atoms with Crippen molar-refractivity contribution in [1.29, 1.82) is 0 Å². The number of pyridine rings is 1. The van der Waals surface area contributed by atoms with Gasteiger partial charge in [-0.05, 0) is 78.9 Å². The van der Waals surface area contributed by atoms with Crippen LogP contribution in [-0.2, 0) is 4.79 Å². The van der Waals surface area contributed by atoms with Crippen LogP contribution in [0.1, 0.15) is 42.2 Å². The predicted molar refractivity (Wildman–Crippen MR) is 136 cm³/mol. The number of fused-ring (bicyclic) bond motifs is 1. The zero-order valence-corrected chi connectivity index (χ0v) is 20.3. The lowest BCUT2D eigenvalue weighted by Crippen LogP contribution is -2.41. The normalized spacial score (nSPS) is 19.4. The molecule has 1 fully saturated rings. The summed E-state index contributed by atoms with van der Waals surface area (Å²) in [4.78, 5) is 19.4. The van der Waals surface area contributed by atoms with Crippen LogP contribution in [0.25, 0.3) is 10.9 Å². The maximum absolute atomic E-state index is 11.6. The number of ether oxygens (including phenoxy) is 1. The number of likely N-dealkylation sites (tertiary alicyclic amines) is 1. The molecular formula is C27H31N3O3S. The first-order valence-electron chi connectivity index (χ1n) is 11.7. The molecule has 3 N–H and O–H groups in total. The van der Waals surface area contributed by atoms with Crippen LogP contribution in [0, 0.1) is 23.7 Å². The van der Waals surface area contributed by atoms with Gasteiger partial charge in [0.1, 0.15) is 5.75 Å². The second-order valence-corrected chi connectivity index (χ2v) is 9.84. The van der Waals surface area contributed by atoms with Crippen LogP contribution in [-0.4, -0.2) is 47.7 Å². The van der Waals surface area contributed by atoms with Crippen LogP contribution >= 0.6 is 11.3 Å². The lowest BCUT2D eigenvalue weighted by Gasteiger charge is -2.37. The van der Waals surface area contributed by atoms with Crippen molar-refractivity contribution in [2.75, 3.05) is 26.7 Å². The maximum Gasteiger partial charge on any atom is 0.303 e. The van der Waals surface area contributed by atoms with E-state index in [2.05, 4.69) is 21.7 Å². The number of aromatic nitrogens is 1. The molecular weight excluding hydrogens is 446 g/mol. The molecule has 3 aromatic rings. The van der Waals surface area contributed by atoms with Gasteiger partial charge in [-0.25, -0.2) is 0 Å². The zero-order chi connectivity index (χ0) is 23.9. The third kappa shape index (κ3) is 6.15. The molecule has 0 radical (unpaired) electrons. The summed E-state index contributed by atoms with van der Waals surface area (Å²) >= 11 is 1.64. The second kappa shape index (κ2) is 11.5. The van der Waals surface area contributed by atoms with Gasteiger partial charge in [-0.1, -0.05) is 17.9 Å². The number of rotatable bonds is 8. The minimum atomic E-state index is -0.738. The Bertz CT molecular complexity index is 1170. The molecule has 1 aliphatic heterocycles. The van der Waals surface area contributed by atoms with Crippen molar-refractivity contribution in [3.05, 3.63) is 58.4 Å². The van der Waals surface area contributed by atoms with Gasteiger partial charge in [0.25, 0.3) is 0 Å². The lowest BCUT2D eigenvalue weighted by atomic mass is 9.79. The average Bonchev–Trinajstić information content (AvgIpc) is 3.36. The summed E-state index contributed by atoms with van der Waals surface area (Å²) in [6.07, 6.45) is 4.66. The first kappa shape index (κ1) is 24.2. The summed E-state index contributed by atoms with van der Waals surface area (Å²) in [6.45, 7) is 2.37. The van der Waals surface area contributed by atoms with Gasteiger partial charge >= 0.3 is 5.97 Å². The Balaban J connectivity index is 1.39. The molecule has 7 heteroatoms. The molecule has 2 aromatic heterocycles. The highest BCUT2D eigenvalue weighted by Gasteiger charge is 2.31. The molecule has 0 bridgehead atoms. The van der Waals surface area contributed by atoms with Gasteiger partial charge in [0.2, 0.25) is 0 Å². The minimum Gasteiger partial charge on any atom is -0.497 e. The molecule has 6 nitrogen and oxygen atoms in total. The predicted octanol–water partition coefficient (Wildman–Crippen LogP) is 4.55. The molecule has 0 aliphatic carbocycles. The van der Waals surface area contributed by atoms with E-state index in [0.717, 1.165) is 59.4 Å². The molecule has 3 atom stereocenters. The summed E-state index contributed by atoms with van der Waals surface area (Å²) in [7, 11) is 1.65. The van der Waals surface area contributed by atoms with E-state index in [4.69, 9.17) is 10.5 Å². The van der Waals surface area contributed by atoms with E-state index >= 15 is 0 Å². The zero-order valence-electron chi connectivity index (χ0n) is 19.4. The fraction of sp³-hybridized carbons (Fsp3) is 0.407. The van der Waals surface area contributed by atoms with Gasteiger partial charge in [-0.2, -0.15) is 0 Å². The Hall–Kier alpha value is -2.92. The summed E-state index contributed by atoms with van der Waals surface area (Å²) in [5.74, 6) is 6.94. The number of methoxy groups -OCH3 is 1. The van der Waals surface area contributed by atoms with Crippen molar-refractivity contribution in [3.8, 4) is 17.6 Å². The average molecular weight is 478 g/mol. The van der Waals surface area contributed by atoms with Gasteiger partial charge in [0, 0.05) is 30.6 Å². The van der Waals surface area contributed by atoms with E-state index < -0.39 is 5.97 Å². The van der Waals surface area contributed by atoms with E-state index in [1.54, 1.807) is 24.6 Å². The Morgan fingerprint density at radius 1 is 1.35 bits per heavy atom. The van der Waals surface area contributed by atoms with Crippen LogP contribution < -0.4 is 10.5 Å². The number of nitrogens with zero attached hydrogens (tertiary/aromatic N) is 2. The van der Waals surface area contributed by atoms with Crippen molar-refractivity contribution in [3.63, 3.8) is 0 Å². The van der Waals surface area contributed by atoms with Crippen molar-refractivity contribution in [2.24, 2.45) is 17.6 Å². The van der Waals surface area contributed by atoms with Gasteiger partial charge in [0.15, 0.2) is 0 Å². The first-order chi connectivity index (χ1) is 16.5. The summed E-state index contributed by atoms with van der Waals surface area (Å²) in [5, 5.41) is 12.5. The molecule has 0 spiro atoms. The largest absolute Gasteiger partial charge is 0.497 e. The molecule has 1 saturated heterocycles. The Morgan fingerprint density at radius 2 is 2.24 bits per heavy atom. The molecule has 0 saturated carbocycles. The van der Waals surface area contributed by atoms with Crippen molar-refractivity contribution >= 4 is 28.2 Å². The third-order valence-electron chi connectivity index (χ3n) is 6.68. The topological polar surface area (TPSA) is 88.7 Å². The van der Waals surface area contributed by atoms with Crippen LogP contribution in [0.2, 0.25) is 0 Å². The number of nitrogens with two attached hydrogens (primary N) is 1. The molecule has 1 aliphatic rings. The van der Waals surface area contributed by atoms with Gasteiger partial charge in [-0.15, -0.1) is 11.3 Å². The highest BCUT2D eigenvalue weighted by Crippen LogP contribution is 2.34. The maximum atomic E-state index is 11.6. The molecule has 0 amide bonds. The molecule has 1 aromatic carbocycles. The number of piperidine rings is 1. The Morgan fingerprint density at radius 3 is 3.00 bits per heavy atom. The fourth-order valence-electron chi connectivity index (χ4n) is 4.87. The highest BCUT2D eigenvalue weighted by atomic mass is 32.1. The van der Waals surface area contributed by atoms with Crippen LogP contribution in [0.5, 0.6) is 5.75 Å². The number of carboxylic acid groups (broad SMARTS) is 1. The summed E-state index contributed by atoms with van der Waals surface area (Å²) in [5.41, 5.74) is 8.60. The molecule has 3 heterocycles. The Labute approximate surface area is 204 Å². The number of thiophene rings is 1. The number of hydrogen-bond donors (Lipinski definition) is 2. The number of aliphatic carboxylic acids is 1. The van der Waals surface area contributed by atoms with E-state index in [1.165, 1.54) is 0 Å². The molecule has 178 valence electrons. The molecule has 34 heavy (non-hydrogen) atoms. The summed E-state index contributed by atoms with van der Waals surface area (Å²) < 4.78 is 5.38. The summed E-state index contributed by atoms with van der Waals surface area (Å²) in [6, 6.07) is 11.7. The van der Waals surface area contributed by atoms with Crippen molar-refractivity contribution in [2.45, 2.75) is 31.7 Å².